The largest absolute Gasteiger partial charge is 0.342 e. The van der Waals surface area contributed by atoms with Crippen LogP contribution in [0.2, 0.25) is 5.02 Å². The van der Waals surface area contributed by atoms with E-state index in [0.29, 0.717) is 20.7 Å². The van der Waals surface area contributed by atoms with Gasteiger partial charge in [0.1, 0.15) is 17.5 Å². The zero-order valence-electron chi connectivity index (χ0n) is 15.3. The fourth-order valence-corrected chi connectivity index (χ4v) is 4.87. The van der Waals surface area contributed by atoms with Crippen molar-refractivity contribution in [2.45, 2.75) is 54.6 Å². The van der Waals surface area contributed by atoms with Crippen LogP contribution < -0.4 is 5.73 Å². The highest BCUT2D eigenvalue weighted by molar-refractivity contribution is 7.99. The third kappa shape index (κ3) is 3.48. The molecule has 0 amide bonds. The summed E-state index contributed by atoms with van der Waals surface area (Å²) in [6, 6.07) is 6.50. The molecular weight excluding hydrogens is 397 g/mol. The molecule has 2 aromatic heterocycles. The highest BCUT2D eigenvalue weighted by atomic mass is 35.5. The van der Waals surface area contributed by atoms with Crippen molar-refractivity contribution >= 4 is 34.4 Å². The molecular formula is C20H19ClFN5S. The Bertz CT molecular complexity index is 1090. The SMILES string of the molecule is CCc1[nH]c2nc(Sc3ccc(C#N)c(F)c3)nc(C3CC[C@@H](N)C3)c2c1Cl. The number of aromatic amines is 1. The zero-order chi connectivity index (χ0) is 19.8. The van der Waals surface area contributed by atoms with E-state index in [4.69, 9.17) is 27.6 Å². The van der Waals surface area contributed by atoms with Gasteiger partial charge in [-0.2, -0.15) is 5.26 Å². The number of aryl methyl sites for hydroxylation is 1. The van der Waals surface area contributed by atoms with Crippen LogP contribution >= 0.6 is 23.4 Å². The van der Waals surface area contributed by atoms with Crippen molar-refractivity contribution in [3.63, 3.8) is 0 Å². The minimum Gasteiger partial charge on any atom is -0.342 e. The predicted octanol–water partition coefficient (Wildman–Crippen LogP) is 4.93. The van der Waals surface area contributed by atoms with Gasteiger partial charge < -0.3 is 10.7 Å². The van der Waals surface area contributed by atoms with Crippen LogP contribution in [0.5, 0.6) is 0 Å². The molecule has 8 heteroatoms. The molecule has 1 aliphatic carbocycles. The number of nitriles is 1. The number of hydrogen-bond acceptors (Lipinski definition) is 5. The molecule has 1 unspecified atom stereocenters. The van der Waals surface area contributed by atoms with Crippen molar-refractivity contribution in [3.05, 3.63) is 46.0 Å². The molecule has 3 N–H and O–H groups in total. The van der Waals surface area contributed by atoms with Gasteiger partial charge in [0, 0.05) is 22.5 Å². The van der Waals surface area contributed by atoms with E-state index in [1.54, 1.807) is 6.07 Å². The van der Waals surface area contributed by atoms with E-state index in [1.165, 1.54) is 23.9 Å². The summed E-state index contributed by atoms with van der Waals surface area (Å²) in [7, 11) is 0. The summed E-state index contributed by atoms with van der Waals surface area (Å²) in [6.07, 6.45) is 3.56. The van der Waals surface area contributed by atoms with E-state index in [1.807, 2.05) is 13.0 Å². The Morgan fingerprint density at radius 3 is 2.86 bits per heavy atom. The van der Waals surface area contributed by atoms with Crippen LogP contribution in [-0.2, 0) is 6.42 Å². The van der Waals surface area contributed by atoms with Crippen LogP contribution in [0.1, 0.15) is 49.1 Å². The van der Waals surface area contributed by atoms with E-state index in [-0.39, 0.29) is 17.5 Å². The van der Waals surface area contributed by atoms with Crippen LogP contribution in [0.4, 0.5) is 4.39 Å². The zero-order valence-corrected chi connectivity index (χ0v) is 16.9. The standard InChI is InChI=1S/C20H19ClFN5S/c1-2-15-17(21)16-18(10-3-5-12(24)7-10)26-20(27-19(16)25-15)28-13-6-4-11(9-23)14(22)8-13/h4,6,8,10,12H,2-3,5,7,24H2,1H3,(H,25,26,27)/t10?,12-/m1/s1. The Morgan fingerprint density at radius 2 is 2.21 bits per heavy atom. The van der Waals surface area contributed by atoms with Crippen molar-refractivity contribution < 1.29 is 4.39 Å². The molecule has 0 spiro atoms. The van der Waals surface area contributed by atoms with E-state index in [2.05, 4.69) is 9.97 Å². The molecule has 0 saturated heterocycles. The second-order valence-corrected chi connectivity index (χ2v) is 8.43. The lowest BCUT2D eigenvalue weighted by atomic mass is 10.0. The molecule has 2 heterocycles. The molecule has 5 nitrogen and oxygen atoms in total. The number of nitrogens with one attached hydrogen (secondary N) is 1. The van der Waals surface area contributed by atoms with Crippen LogP contribution in [-0.4, -0.2) is 21.0 Å². The fraction of sp³-hybridized carbons (Fsp3) is 0.350. The highest BCUT2D eigenvalue weighted by Crippen LogP contribution is 2.41. The first-order valence-electron chi connectivity index (χ1n) is 9.21. The predicted molar refractivity (Wildman–Crippen MR) is 108 cm³/mol. The Kier molecular flexibility index (Phi) is 5.28. The Hall–Kier alpha value is -2.14. The second-order valence-electron chi connectivity index (χ2n) is 7.01. The van der Waals surface area contributed by atoms with Crippen molar-refractivity contribution in [2.24, 2.45) is 5.73 Å². The van der Waals surface area contributed by atoms with Gasteiger partial charge in [-0.15, -0.1) is 0 Å². The van der Waals surface area contributed by atoms with Crippen LogP contribution in [0.15, 0.2) is 28.3 Å². The topological polar surface area (TPSA) is 91.4 Å². The average Bonchev–Trinajstić information content (AvgIpc) is 3.24. The lowest BCUT2D eigenvalue weighted by Crippen LogP contribution is -2.14. The molecule has 1 fully saturated rings. The van der Waals surface area contributed by atoms with Crippen molar-refractivity contribution in [2.75, 3.05) is 0 Å². The lowest BCUT2D eigenvalue weighted by Gasteiger charge is -2.12. The number of fused-ring (bicyclic) bond motifs is 1. The number of rotatable bonds is 4. The third-order valence-corrected chi connectivity index (χ3v) is 6.43. The molecule has 1 aromatic carbocycles. The molecule has 28 heavy (non-hydrogen) atoms. The Labute approximate surface area is 171 Å². The quantitative estimate of drug-likeness (QED) is 0.589. The van der Waals surface area contributed by atoms with Crippen molar-refractivity contribution in [1.82, 2.24) is 15.0 Å². The number of benzene rings is 1. The number of H-pyrrole nitrogens is 1. The molecule has 4 rings (SSSR count). The van der Waals surface area contributed by atoms with Gasteiger partial charge in [-0.3, -0.25) is 0 Å². The van der Waals surface area contributed by atoms with E-state index < -0.39 is 5.82 Å². The maximum Gasteiger partial charge on any atom is 0.194 e. The average molecular weight is 416 g/mol. The summed E-state index contributed by atoms with van der Waals surface area (Å²) < 4.78 is 14.0. The molecule has 3 aromatic rings. The summed E-state index contributed by atoms with van der Waals surface area (Å²) in [4.78, 5) is 13.4. The van der Waals surface area contributed by atoms with Gasteiger partial charge in [0.05, 0.1) is 21.7 Å². The Morgan fingerprint density at radius 1 is 1.39 bits per heavy atom. The summed E-state index contributed by atoms with van der Waals surface area (Å²) in [5.74, 6) is -0.317. The monoisotopic (exact) mass is 415 g/mol. The van der Waals surface area contributed by atoms with Gasteiger partial charge in [0.25, 0.3) is 0 Å². The molecule has 0 aliphatic heterocycles. The van der Waals surface area contributed by atoms with Crippen LogP contribution in [0, 0.1) is 17.1 Å². The van der Waals surface area contributed by atoms with Gasteiger partial charge in [-0.25, -0.2) is 14.4 Å². The fourth-order valence-electron chi connectivity index (χ4n) is 3.72. The van der Waals surface area contributed by atoms with Gasteiger partial charge in [0.2, 0.25) is 0 Å². The summed E-state index contributed by atoms with van der Waals surface area (Å²) in [6.45, 7) is 2.03. The number of aromatic nitrogens is 3. The summed E-state index contributed by atoms with van der Waals surface area (Å²) in [5.41, 5.74) is 8.68. The first kappa shape index (κ1) is 19.2. The van der Waals surface area contributed by atoms with Crippen LogP contribution in [0.3, 0.4) is 0 Å². The second kappa shape index (κ2) is 7.70. The first-order chi connectivity index (χ1) is 13.5. The van der Waals surface area contributed by atoms with Gasteiger partial charge in [-0.1, -0.05) is 18.5 Å². The number of hydrogen-bond donors (Lipinski definition) is 2. The minimum atomic E-state index is -0.549. The lowest BCUT2D eigenvalue weighted by molar-refractivity contribution is 0.620. The minimum absolute atomic E-state index is 0.0186. The van der Waals surface area contributed by atoms with Crippen molar-refractivity contribution in [3.8, 4) is 6.07 Å². The molecule has 0 bridgehead atoms. The smallest absolute Gasteiger partial charge is 0.194 e. The number of nitrogens with two attached hydrogens (primary N) is 1. The molecule has 0 radical (unpaired) electrons. The normalized spacial score (nSPS) is 19.2. The summed E-state index contributed by atoms with van der Waals surface area (Å²) in [5, 5.41) is 11.0. The van der Waals surface area contributed by atoms with E-state index in [9.17, 15) is 4.39 Å². The molecule has 1 saturated carbocycles. The van der Waals surface area contributed by atoms with Gasteiger partial charge in [-0.05, 0) is 55.6 Å². The maximum absolute atomic E-state index is 14.0. The molecule has 2 atom stereocenters. The Balaban J connectivity index is 1.79. The van der Waals surface area contributed by atoms with Gasteiger partial charge >= 0.3 is 0 Å². The van der Waals surface area contributed by atoms with E-state index >= 15 is 0 Å². The molecule has 1 aliphatic rings. The first-order valence-corrected chi connectivity index (χ1v) is 10.4. The summed E-state index contributed by atoms with van der Waals surface area (Å²) >= 11 is 7.88. The third-order valence-electron chi connectivity index (χ3n) is 5.15. The van der Waals surface area contributed by atoms with Crippen molar-refractivity contribution in [1.29, 1.82) is 5.26 Å². The highest BCUT2D eigenvalue weighted by Gasteiger charge is 2.29. The van der Waals surface area contributed by atoms with Gasteiger partial charge in [0.15, 0.2) is 5.16 Å². The van der Waals surface area contributed by atoms with Crippen LogP contribution in [0.25, 0.3) is 11.0 Å². The number of nitrogens with zero attached hydrogens (tertiary/aromatic N) is 3. The number of halogens is 2. The maximum atomic E-state index is 14.0. The van der Waals surface area contributed by atoms with E-state index in [0.717, 1.165) is 42.5 Å². The molecule has 144 valence electrons.